The molecule has 6 nitrogen and oxygen atoms in total. The van der Waals surface area contributed by atoms with Crippen molar-refractivity contribution in [3.05, 3.63) is 69.6 Å². The van der Waals surface area contributed by atoms with Gasteiger partial charge in [-0.25, -0.2) is 0 Å². The van der Waals surface area contributed by atoms with Gasteiger partial charge in [0.2, 0.25) is 0 Å². The average Bonchev–Trinajstić information content (AvgIpc) is 2.80. The number of carbonyl (C=O) groups excluding carboxylic acids is 1. The molecule has 1 aliphatic carbocycles. The van der Waals surface area contributed by atoms with E-state index in [1.165, 1.54) is 12.0 Å². The van der Waals surface area contributed by atoms with Crippen molar-refractivity contribution in [3.63, 3.8) is 0 Å². The van der Waals surface area contributed by atoms with Crippen LogP contribution in [0.15, 0.2) is 47.4 Å². The molecule has 32 heavy (non-hydrogen) atoms. The van der Waals surface area contributed by atoms with Crippen LogP contribution in [0.4, 0.5) is 0 Å². The van der Waals surface area contributed by atoms with E-state index in [1.807, 2.05) is 37.4 Å². The molecule has 1 amide bonds. The Morgan fingerprint density at radius 1 is 1.06 bits per heavy atom. The number of aromatic nitrogens is 1. The summed E-state index contributed by atoms with van der Waals surface area (Å²) in [6.07, 6.45) is 7.92. The smallest absolute Gasteiger partial charge is 0.263 e. The third kappa shape index (κ3) is 5.48. The van der Waals surface area contributed by atoms with Gasteiger partial charge in [0.1, 0.15) is 5.56 Å². The van der Waals surface area contributed by atoms with Crippen molar-refractivity contribution in [1.82, 2.24) is 14.8 Å². The van der Waals surface area contributed by atoms with Crippen molar-refractivity contribution in [1.29, 1.82) is 0 Å². The SMILES string of the molecule is Cc1ccn(CCc2ccccc2)c(=O)c1C(=O)NC1(CN2CCOCC2)CCCCC1. The number of ether oxygens (including phenoxy) is 1. The maximum Gasteiger partial charge on any atom is 0.263 e. The Labute approximate surface area is 190 Å². The summed E-state index contributed by atoms with van der Waals surface area (Å²) in [5.41, 5.74) is 1.73. The first kappa shape index (κ1) is 22.7. The maximum absolute atomic E-state index is 13.5. The molecule has 1 aromatic carbocycles. The van der Waals surface area contributed by atoms with Gasteiger partial charge in [-0.15, -0.1) is 0 Å². The molecule has 1 N–H and O–H groups in total. The molecule has 1 saturated heterocycles. The molecule has 2 heterocycles. The van der Waals surface area contributed by atoms with Crippen LogP contribution in [0.3, 0.4) is 0 Å². The van der Waals surface area contributed by atoms with Crippen LogP contribution < -0.4 is 10.9 Å². The maximum atomic E-state index is 13.5. The molecule has 0 spiro atoms. The number of hydrogen-bond acceptors (Lipinski definition) is 4. The van der Waals surface area contributed by atoms with Gasteiger partial charge < -0.3 is 14.6 Å². The minimum absolute atomic E-state index is 0.198. The number of carbonyl (C=O) groups is 1. The van der Waals surface area contributed by atoms with Crippen molar-refractivity contribution in [2.24, 2.45) is 0 Å². The second-order valence-corrected chi connectivity index (χ2v) is 9.29. The average molecular weight is 438 g/mol. The molecule has 0 bridgehead atoms. The van der Waals surface area contributed by atoms with Gasteiger partial charge in [0.15, 0.2) is 0 Å². The van der Waals surface area contributed by atoms with Crippen LogP contribution in [0, 0.1) is 6.92 Å². The fraction of sp³-hybridized carbons (Fsp3) is 0.538. The highest BCUT2D eigenvalue weighted by Gasteiger charge is 2.36. The van der Waals surface area contributed by atoms with Gasteiger partial charge in [-0.1, -0.05) is 49.6 Å². The molecule has 0 unspecified atom stereocenters. The van der Waals surface area contributed by atoms with Crippen LogP contribution in [0.25, 0.3) is 0 Å². The summed E-state index contributed by atoms with van der Waals surface area (Å²) in [5, 5.41) is 3.34. The van der Waals surface area contributed by atoms with Gasteiger partial charge >= 0.3 is 0 Å². The Morgan fingerprint density at radius 3 is 2.50 bits per heavy atom. The lowest BCUT2D eigenvalue weighted by molar-refractivity contribution is 0.0180. The highest BCUT2D eigenvalue weighted by atomic mass is 16.5. The van der Waals surface area contributed by atoms with Gasteiger partial charge in [0.05, 0.1) is 18.8 Å². The normalized spacial score (nSPS) is 18.9. The highest BCUT2D eigenvalue weighted by Crippen LogP contribution is 2.30. The zero-order valence-electron chi connectivity index (χ0n) is 19.1. The topological polar surface area (TPSA) is 63.6 Å². The second kappa shape index (κ2) is 10.5. The van der Waals surface area contributed by atoms with Gasteiger partial charge in [0, 0.05) is 32.4 Å². The quantitative estimate of drug-likeness (QED) is 0.723. The molecule has 0 atom stereocenters. The van der Waals surface area contributed by atoms with E-state index in [2.05, 4.69) is 22.3 Å². The highest BCUT2D eigenvalue weighted by molar-refractivity contribution is 5.95. The molecule has 1 aromatic heterocycles. The first-order valence-corrected chi connectivity index (χ1v) is 11.9. The summed E-state index contributed by atoms with van der Waals surface area (Å²) < 4.78 is 7.17. The third-order valence-electron chi connectivity index (χ3n) is 6.90. The van der Waals surface area contributed by atoms with E-state index in [-0.39, 0.29) is 22.6 Å². The number of pyridine rings is 1. The molecule has 6 heteroatoms. The van der Waals surface area contributed by atoms with Crippen LogP contribution in [0.2, 0.25) is 0 Å². The minimum atomic E-state index is -0.268. The van der Waals surface area contributed by atoms with Gasteiger partial charge in [-0.3, -0.25) is 14.5 Å². The lowest BCUT2D eigenvalue weighted by Crippen LogP contribution is -2.58. The predicted octanol–water partition coefficient (Wildman–Crippen LogP) is 3.16. The third-order valence-corrected chi connectivity index (χ3v) is 6.90. The van der Waals surface area contributed by atoms with E-state index in [9.17, 15) is 9.59 Å². The van der Waals surface area contributed by atoms with Crippen molar-refractivity contribution in [2.75, 3.05) is 32.8 Å². The molecular weight excluding hydrogens is 402 g/mol. The Balaban J connectivity index is 1.52. The number of nitrogens with one attached hydrogen (secondary N) is 1. The summed E-state index contributed by atoms with van der Waals surface area (Å²) in [6, 6.07) is 12.0. The predicted molar refractivity (Wildman–Crippen MR) is 126 cm³/mol. The largest absolute Gasteiger partial charge is 0.379 e. The molecule has 1 saturated carbocycles. The lowest BCUT2D eigenvalue weighted by Gasteiger charge is -2.42. The van der Waals surface area contributed by atoms with Crippen molar-refractivity contribution in [2.45, 2.75) is 57.5 Å². The summed E-state index contributed by atoms with van der Waals surface area (Å²) in [5.74, 6) is -0.225. The molecule has 2 aromatic rings. The number of hydrogen-bond donors (Lipinski definition) is 1. The van der Waals surface area contributed by atoms with Crippen LogP contribution in [0.1, 0.15) is 53.6 Å². The summed E-state index contributed by atoms with van der Waals surface area (Å²) in [6.45, 7) is 6.52. The summed E-state index contributed by atoms with van der Waals surface area (Å²) >= 11 is 0. The summed E-state index contributed by atoms with van der Waals surface area (Å²) in [4.78, 5) is 29.1. The fourth-order valence-electron chi connectivity index (χ4n) is 5.05. The number of morpholine rings is 1. The summed E-state index contributed by atoms with van der Waals surface area (Å²) in [7, 11) is 0. The zero-order valence-corrected chi connectivity index (χ0v) is 19.1. The fourth-order valence-corrected chi connectivity index (χ4v) is 5.05. The molecule has 0 radical (unpaired) electrons. The molecule has 4 rings (SSSR count). The van der Waals surface area contributed by atoms with Crippen LogP contribution in [0.5, 0.6) is 0 Å². The number of amides is 1. The van der Waals surface area contributed by atoms with E-state index in [0.29, 0.717) is 6.54 Å². The van der Waals surface area contributed by atoms with Crippen LogP contribution in [-0.2, 0) is 17.7 Å². The van der Waals surface area contributed by atoms with Gasteiger partial charge in [0.25, 0.3) is 11.5 Å². The minimum Gasteiger partial charge on any atom is -0.379 e. The van der Waals surface area contributed by atoms with Crippen molar-refractivity contribution in [3.8, 4) is 0 Å². The molecule has 2 fully saturated rings. The van der Waals surface area contributed by atoms with Crippen LogP contribution in [-0.4, -0.2) is 53.8 Å². The van der Waals surface area contributed by atoms with Crippen molar-refractivity contribution < 1.29 is 9.53 Å². The van der Waals surface area contributed by atoms with E-state index in [0.717, 1.165) is 70.5 Å². The molecule has 2 aliphatic rings. The van der Waals surface area contributed by atoms with Crippen LogP contribution >= 0.6 is 0 Å². The number of rotatable bonds is 7. The van der Waals surface area contributed by atoms with Crippen molar-refractivity contribution >= 4 is 5.91 Å². The molecule has 1 aliphatic heterocycles. The molecule has 172 valence electrons. The van der Waals surface area contributed by atoms with E-state index >= 15 is 0 Å². The van der Waals surface area contributed by atoms with Gasteiger partial charge in [-0.2, -0.15) is 0 Å². The Morgan fingerprint density at radius 2 is 1.78 bits per heavy atom. The van der Waals surface area contributed by atoms with E-state index in [4.69, 9.17) is 4.74 Å². The lowest BCUT2D eigenvalue weighted by atomic mass is 9.80. The monoisotopic (exact) mass is 437 g/mol. The second-order valence-electron chi connectivity index (χ2n) is 9.29. The Bertz CT molecular complexity index is 958. The Kier molecular flexibility index (Phi) is 7.43. The zero-order chi connectivity index (χ0) is 22.4. The number of nitrogens with zero attached hydrogens (tertiary/aromatic N) is 2. The first-order chi connectivity index (χ1) is 15.6. The van der Waals surface area contributed by atoms with Gasteiger partial charge in [-0.05, 0) is 43.4 Å². The standard InChI is InChI=1S/C26H35N3O3/c1-21-10-14-29(15-11-22-8-4-2-5-9-22)25(31)23(21)24(30)27-26(12-6-3-7-13-26)20-28-16-18-32-19-17-28/h2,4-5,8-10,14H,3,6-7,11-13,15-20H2,1H3,(H,27,30). The van der Waals surface area contributed by atoms with E-state index < -0.39 is 0 Å². The van der Waals surface area contributed by atoms with E-state index in [1.54, 1.807) is 4.57 Å². The molecular formula is C26H35N3O3. The Hall–Kier alpha value is -2.44. The number of benzene rings is 1. The number of aryl methyl sites for hydroxylation is 3. The first-order valence-electron chi connectivity index (χ1n) is 11.9.